The van der Waals surface area contributed by atoms with Crippen LogP contribution < -0.4 is 4.90 Å². The summed E-state index contributed by atoms with van der Waals surface area (Å²) >= 11 is 0. The second-order valence-corrected chi connectivity index (χ2v) is 4.20. The van der Waals surface area contributed by atoms with Gasteiger partial charge in [0.2, 0.25) is 5.95 Å². The van der Waals surface area contributed by atoms with Gasteiger partial charge in [-0.2, -0.15) is 13.2 Å². The second-order valence-electron chi connectivity index (χ2n) is 4.20. The molecule has 1 saturated heterocycles. The normalized spacial score (nSPS) is 23.7. The third-order valence-electron chi connectivity index (χ3n) is 2.95. The van der Waals surface area contributed by atoms with Gasteiger partial charge in [0.05, 0.1) is 24.2 Å². The van der Waals surface area contributed by atoms with Crippen LogP contribution in [0.3, 0.4) is 0 Å². The highest BCUT2D eigenvalue weighted by atomic mass is 19.4. The highest BCUT2D eigenvalue weighted by Gasteiger charge is 2.53. The van der Waals surface area contributed by atoms with Gasteiger partial charge in [0.1, 0.15) is 0 Å². The van der Waals surface area contributed by atoms with Crippen LogP contribution in [-0.2, 0) is 4.79 Å². The minimum absolute atomic E-state index is 0.112. The average molecular weight is 279 g/mol. The molecule has 0 aliphatic carbocycles. The van der Waals surface area contributed by atoms with Crippen LogP contribution in [0.2, 0.25) is 0 Å². The lowest BCUT2D eigenvalue weighted by molar-refractivity contribution is -0.187. The number of rotatable bonds is 2. The number of nitrogens with zero attached hydrogens (tertiary/aromatic N) is 3. The van der Waals surface area contributed by atoms with E-state index in [1.165, 1.54) is 0 Å². The van der Waals surface area contributed by atoms with Gasteiger partial charge in [-0.15, -0.1) is 0 Å². The van der Waals surface area contributed by atoms with E-state index in [9.17, 15) is 22.4 Å². The molecule has 1 fully saturated rings. The predicted molar refractivity (Wildman–Crippen MR) is 54.9 cm³/mol. The number of aromatic nitrogens is 2. The topological polar surface area (TPSA) is 66.3 Å². The number of carbonyl (C=O) groups is 1. The van der Waals surface area contributed by atoms with E-state index in [2.05, 4.69) is 9.97 Å². The summed E-state index contributed by atoms with van der Waals surface area (Å²) in [5, 5.41) is 8.83. The third kappa shape index (κ3) is 2.74. The summed E-state index contributed by atoms with van der Waals surface area (Å²) in [6, 6.07) is 0. The van der Waals surface area contributed by atoms with E-state index in [0.29, 0.717) is 0 Å². The van der Waals surface area contributed by atoms with Crippen molar-refractivity contribution in [1.82, 2.24) is 9.97 Å². The van der Waals surface area contributed by atoms with Crippen molar-refractivity contribution in [3.63, 3.8) is 0 Å². The summed E-state index contributed by atoms with van der Waals surface area (Å²) in [5.41, 5.74) is 0. The molecule has 0 amide bonds. The number of carboxylic acid groups (broad SMARTS) is 1. The average Bonchev–Trinajstić information content (AvgIpc) is 2.74. The number of anilines is 1. The van der Waals surface area contributed by atoms with E-state index in [-0.39, 0.29) is 12.5 Å². The van der Waals surface area contributed by atoms with E-state index in [1.54, 1.807) is 0 Å². The van der Waals surface area contributed by atoms with Gasteiger partial charge in [0.15, 0.2) is 5.82 Å². The summed E-state index contributed by atoms with van der Waals surface area (Å²) < 4.78 is 50.8. The van der Waals surface area contributed by atoms with Crippen LogP contribution >= 0.6 is 0 Å². The summed E-state index contributed by atoms with van der Waals surface area (Å²) in [6.45, 7) is -0.906. The van der Waals surface area contributed by atoms with Gasteiger partial charge in [-0.05, 0) is 0 Å². The fourth-order valence-electron chi connectivity index (χ4n) is 2.02. The Morgan fingerprint density at radius 2 is 1.89 bits per heavy atom. The van der Waals surface area contributed by atoms with Gasteiger partial charge in [0.25, 0.3) is 0 Å². The zero-order valence-electron chi connectivity index (χ0n) is 9.43. The number of aliphatic carboxylic acids is 1. The molecule has 1 aliphatic rings. The summed E-state index contributed by atoms with van der Waals surface area (Å²) in [5.74, 6) is -5.91. The molecule has 1 aromatic heterocycles. The van der Waals surface area contributed by atoms with Gasteiger partial charge in [0, 0.05) is 13.1 Å². The fraction of sp³-hybridized carbons (Fsp3) is 0.500. The Morgan fingerprint density at radius 1 is 1.32 bits per heavy atom. The maximum atomic E-state index is 12.7. The molecule has 9 heteroatoms. The van der Waals surface area contributed by atoms with Gasteiger partial charge < -0.3 is 10.0 Å². The SMILES string of the molecule is O=C(O)C1CN(c2ncc(F)cn2)CC1C(F)(F)F. The van der Waals surface area contributed by atoms with Crippen LogP contribution in [0.15, 0.2) is 12.4 Å². The molecule has 0 aromatic carbocycles. The predicted octanol–water partition coefficient (Wildman–Crippen LogP) is 1.31. The smallest absolute Gasteiger partial charge is 0.394 e. The molecule has 1 aromatic rings. The van der Waals surface area contributed by atoms with Crippen LogP contribution in [0.5, 0.6) is 0 Å². The standard InChI is InChI=1S/C10H9F4N3O2/c11-5-1-15-9(16-2-5)17-3-6(8(18)19)7(4-17)10(12,13)14/h1-2,6-7H,3-4H2,(H,18,19). The second kappa shape index (κ2) is 4.63. The first-order valence-electron chi connectivity index (χ1n) is 5.31. The summed E-state index contributed by atoms with van der Waals surface area (Å²) in [4.78, 5) is 19.1. The van der Waals surface area contributed by atoms with Crippen molar-refractivity contribution in [2.45, 2.75) is 6.18 Å². The van der Waals surface area contributed by atoms with E-state index in [4.69, 9.17) is 5.11 Å². The Hall–Kier alpha value is -1.93. The van der Waals surface area contributed by atoms with Crippen molar-refractivity contribution in [1.29, 1.82) is 0 Å². The van der Waals surface area contributed by atoms with Crippen molar-refractivity contribution < 1.29 is 27.5 Å². The Balaban J connectivity index is 2.23. The number of hydrogen-bond donors (Lipinski definition) is 1. The molecule has 0 spiro atoms. The Morgan fingerprint density at radius 3 is 2.32 bits per heavy atom. The molecule has 0 radical (unpaired) electrons. The first kappa shape index (κ1) is 13.5. The Bertz CT molecular complexity index is 477. The van der Waals surface area contributed by atoms with E-state index >= 15 is 0 Å². The van der Waals surface area contributed by atoms with Gasteiger partial charge in [-0.3, -0.25) is 4.79 Å². The number of carboxylic acids is 1. The maximum absolute atomic E-state index is 12.7. The molecular weight excluding hydrogens is 270 g/mol. The van der Waals surface area contributed by atoms with Crippen LogP contribution in [0, 0.1) is 17.7 Å². The minimum atomic E-state index is -4.61. The first-order chi connectivity index (χ1) is 8.79. The number of halogens is 4. The van der Waals surface area contributed by atoms with Crippen molar-refractivity contribution in [3.05, 3.63) is 18.2 Å². The largest absolute Gasteiger partial charge is 0.481 e. The molecule has 2 rings (SSSR count). The highest BCUT2D eigenvalue weighted by Crippen LogP contribution is 2.38. The van der Waals surface area contributed by atoms with Gasteiger partial charge in [-0.1, -0.05) is 0 Å². The van der Waals surface area contributed by atoms with Crippen molar-refractivity contribution in [2.24, 2.45) is 11.8 Å². The molecule has 1 aliphatic heterocycles. The minimum Gasteiger partial charge on any atom is -0.481 e. The van der Waals surface area contributed by atoms with Crippen molar-refractivity contribution in [2.75, 3.05) is 18.0 Å². The summed E-state index contributed by atoms with van der Waals surface area (Å²) in [6.07, 6.45) is -2.98. The number of hydrogen-bond acceptors (Lipinski definition) is 4. The summed E-state index contributed by atoms with van der Waals surface area (Å²) in [7, 11) is 0. The lowest BCUT2D eigenvalue weighted by Gasteiger charge is -2.18. The van der Waals surface area contributed by atoms with E-state index in [1.807, 2.05) is 0 Å². The van der Waals surface area contributed by atoms with Gasteiger partial charge >= 0.3 is 12.1 Å². The highest BCUT2D eigenvalue weighted by molar-refractivity contribution is 5.72. The fourth-order valence-corrected chi connectivity index (χ4v) is 2.02. The molecule has 1 N–H and O–H groups in total. The molecule has 2 atom stereocenters. The molecule has 0 bridgehead atoms. The monoisotopic (exact) mass is 279 g/mol. The quantitative estimate of drug-likeness (QED) is 0.827. The number of alkyl halides is 3. The maximum Gasteiger partial charge on any atom is 0.394 e. The molecular formula is C10H9F4N3O2. The molecule has 19 heavy (non-hydrogen) atoms. The van der Waals surface area contributed by atoms with Gasteiger partial charge in [-0.25, -0.2) is 14.4 Å². The van der Waals surface area contributed by atoms with Crippen molar-refractivity contribution >= 4 is 11.9 Å². The molecule has 0 saturated carbocycles. The van der Waals surface area contributed by atoms with Crippen LogP contribution in [0.4, 0.5) is 23.5 Å². The Labute approximate surface area is 104 Å². The third-order valence-corrected chi connectivity index (χ3v) is 2.95. The zero-order valence-corrected chi connectivity index (χ0v) is 9.43. The lowest BCUT2D eigenvalue weighted by atomic mass is 9.96. The van der Waals surface area contributed by atoms with Crippen LogP contribution in [0.25, 0.3) is 0 Å². The zero-order chi connectivity index (χ0) is 14.2. The molecule has 104 valence electrons. The van der Waals surface area contributed by atoms with Crippen molar-refractivity contribution in [3.8, 4) is 0 Å². The Kier molecular flexibility index (Phi) is 3.29. The molecule has 2 heterocycles. The van der Waals surface area contributed by atoms with E-state index < -0.39 is 36.3 Å². The van der Waals surface area contributed by atoms with E-state index in [0.717, 1.165) is 17.3 Å². The lowest BCUT2D eigenvalue weighted by Crippen LogP contribution is -2.33. The van der Waals surface area contributed by atoms with Crippen LogP contribution in [0.1, 0.15) is 0 Å². The first-order valence-corrected chi connectivity index (χ1v) is 5.31. The molecule has 2 unspecified atom stereocenters. The molecule has 5 nitrogen and oxygen atoms in total. The van der Waals surface area contributed by atoms with Crippen LogP contribution in [-0.4, -0.2) is 40.3 Å².